The third kappa shape index (κ3) is 3.46. The molecule has 6 heteroatoms. The first-order valence-electron chi connectivity index (χ1n) is 6.98. The van der Waals surface area contributed by atoms with Crippen LogP contribution in [0.3, 0.4) is 0 Å². The van der Waals surface area contributed by atoms with E-state index in [1.165, 1.54) is 0 Å². The summed E-state index contributed by atoms with van der Waals surface area (Å²) in [6.07, 6.45) is 3.31. The highest BCUT2D eigenvalue weighted by molar-refractivity contribution is 5.94. The minimum atomic E-state index is -1.18. The molecular weight excluding hydrogens is 282 g/mol. The zero-order valence-electron chi connectivity index (χ0n) is 13.3. The monoisotopic (exact) mass is 303 g/mol. The fraction of sp³-hybridized carbons (Fsp3) is 0.375. The smallest absolute Gasteiger partial charge is 0.251 e. The minimum absolute atomic E-state index is 0.0910. The normalized spacial score (nSPS) is 13.5. The fourth-order valence-electron chi connectivity index (χ4n) is 2.12. The molecule has 0 saturated carbocycles. The van der Waals surface area contributed by atoms with E-state index in [-0.39, 0.29) is 12.5 Å². The molecule has 0 radical (unpaired) electrons. The Morgan fingerprint density at radius 1 is 1.50 bits per heavy atom. The number of methoxy groups -OCH3 is 1. The summed E-state index contributed by atoms with van der Waals surface area (Å²) in [5.74, 6) is 0.397. The maximum Gasteiger partial charge on any atom is 0.251 e. The standard InChI is InChI=1S/C16H21N3O3/c1-11-5-6-12(7-14(11)22-4)15(20)17-10-16(2,21)13-8-18-19(3)9-13/h5-9,21H,10H2,1-4H3,(H,17,20). The first-order chi connectivity index (χ1) is 10.3. The molecule has 0 saturated heterocycles. The van der Waals surface area contributed by atoms with Gasteiger partial charge in [-0.25, -0.2) is 0 Å². The van der Waals surface area contributed by atoms with Crippen LogP contribution in [0.4, 0.5) is 0 Å². The minimum Gasteiger partial charge on any atom is -0.496 e. The average Bonchev–Trinajstić information content (AvgIpc) is 2.93. The SMILES string of the molecule is COc1cc(C(=O)NCC(C)(O)c2cnn(C)c2)ccc1C. The molecule has 0 bridgehead atoms. The molecule has 6 nitrogen and oxygen atoms in total. The first-order valence-corrected chi connectivity index (χ1v) is 6.98. The lowest BCUT2D eigenvalue weighted by Crippen LogP contribution is -2.38. The summed E-state index contributed by atoms with van der Waals surface area (Å²) in [5.41, 5.74) is 0.918. The molecule has 1 atom stereocenters. The summed E-state index contributed by atoms with van der Waals surface area (Å²) >= 11 is 0. The lowest BCUT2D eigenvalue weighted by molar-refractivity contribution is 0.0526. The third-order valence-electron chi connectivity index (χ3n) is 3.59. The summed E-state index contributed by atoms with van der Waals surface area (Å²) < 4.78 is 6.82. The summed E-state index contributed by atoms with van der Waals surface area (Å²) in [4.78, 5) is 12.2. The predicted molar refractivity (Wildman–Crippen MR) is 82.8 cm³/mol. The van der Waals surface area contributed by atoms with Crippen LogP contribution < -0.4 is 10.1 Å². The molecule has 1 aromatic carbocycles. The summed E-state index contributed by atoms with van der Waals surface area (Å²) in [5, 5.41) is 17.2. The van der Waals surface area contributed by atoms with Crippen LogP contribution in [-0.2, 0) is 12.6 Å². The molecule has 0 spiro atoms. The van der Waals surface area contributed by atoms with Crippen molar-refractivity contribution in [2.75, 3.05) is 13.7 Å². The van der Waals surface area contributed by atoms with Crippen LogP contribution in [0.5, 0.6) is 5.75 Å². The van der Waals surface area contributed by atoms with Crippen LogP contribution in [0.15, 0.2) is 30.6 Å². The van der Waals surface area contributed by atoms with Crippen LogP contribution >= 0.6 is 0 Å². The number of hydrogen-bond acceptors (Lipinski definition) is 4. The van der Waals surface area contributed by atoms with Crippen molar-refractivity contribution in [2.45, 2.75) is 19.4 Å². The van der Waals surface area contributed by atoms with E-state index in [0.717, 1.165) is 5.56 Å². The molecule has 2 aromatic rings. The Morgan fingerprint density at radius 2 is 2.23 bits per heavy atom. The molecule has 0 aliphatic rings. The zero-order chi connectivity index (χ0) is 16.3. The van der Waals surface area contributed by atoms with E-state index in [0.29, 0.717) is 16.9 Å². The van der Waals surface area contributed by atoms with E-state index in [2.05, 4.69) is 10.4 Å². The zero-order valence-corrected chi connectivity index (χ0v) is 13.3. The number of nitrogens with zero attached hydrogens (tertiary/aromatic N) is 2. The Hall–Kier alpha value is -2.34. The second-order valence-electron chi connectivity index (χ2n) is 5.54. The Labute approximate surface area is 129 Å². The molecule has 0 aliphatic carbocycles. The average molecular weight is 303 g/mol. The van der Waals surface area contributed by atoms with Gasteiger partial charge in [0.05, 0.1) is 19.9 Å². The van der Waals surface area contributed by atoms with Gasteiger partial charge in [0, 0.05) is 24.4 Å². The summed E-state index contributed by atoms with van der Waals surface area (Å²) in [7, 11) is 3.34. The summed E-state index contributed by atoms with van der Waals surface area (Å²) in [6.45, 7) is 3.64. The van der Waals surface area contributed by atoms with Gasteiger partial charge >= 0.3 is 0 Å². The van der Waals surface area contributed by atoms with E-state index in [4.69, 9.17) is 4.74 Å². The van der Waals surface area contributed by atoms with Crippen molar-refractivity contribution in [3.63, 3.8) is 0 Å². The number of aryl methyl sites for hydroxylation is 2. The number of hydrogen-bond donors (Lipinski definition) is 2. The number of ether oxygens (including phenoxy) is 1. The van der Waals surface area contributed by atoms with Gasteiger partial charge in [0.15, 0.2) is 0 Å². The highest BCUT2D eigenvalue weighted by atomic mass is 16.5. The third-order valence-corrected chi connectivity index (χ3v) is 3.59. The van der Waals surface area contributed by atoms with Gasteiger partial charge in [-0.05, 0) is 31.5 Å². The maximum absolute atomic E-state index is 12.2. The van der Waals surface area contributed by atoms with E-state index in [1.807, 2.05) is 13.0 Å². The largest absolute Gasteiger partial charge is 0.496 e. The number of aliphatic hydroxyl groups is 1. The quantitative estimate of drug-likeness (QED) is 0.875. The topological polar surface area (TPSA) is 76.4 Å². The molecule has 0 aliphatic heterocycles. The number of carbonyl (C=O) groups is 1. The Morgan fingerprint density at radius 3 is 2.82 bits per heavy atom. The molecule has 2 rings (SSSR count). The molecule has 1 heterocycles. The van der Waals surface area contributed by atoms with Crippen molar-refractivity contribution in [2.24, 2.45) is 7.05 Å². The molecule has 118 valence electrons. The lowest BCUT2D eigenvalue weighted by atomic mass is 9.99. The van der Waals surface area contributed by atoms with E-state index in [9.17, 15) is 9.90 Å². The van der Waals surface area contributed by atoms with Crippen molar-refractivity contribution in [1.29, 1.82) is 0 Å². The van der Waals surface area contributed by atoms with Gasteiger partial charge in [-0.3, -0.25) is 9.48 Å². The summed E-state index contributed by atoms with van der Waals surface area (Å²) in [6, 6.07) is 5.24. The number of nitrogens with one attached hydrogen (secondary N) is 1. The van der Waals surface area contributed by atoms with Gasteiger partial charge in [0.1, 0.15) is 11.4 Å². The number of rotatable bonds is 5. The van der Waals surface area contributed by atoms with Gasteiger partial charge in [0.25, 0.3) is 5.91 Å². The Bertz CT molecular complexity index is 677. The molecule has 2 N–H and O–H groups in total. The number of benzene rings is 1. The lowest BCUT2D eigenvalue weighted by Gasteiger charge is -2.22. The van der Waals surface area contributed by atoms with Gasteiger partial charge in [0.2, 0.25) is 0 Å². The Kier molecular flexibility index (Phi) is 4.51. The highest BCUT2D eigenvalue weighted by Crippen LogP contribution is 2.20. The predicted octanol–water partition coefficient (Wildman–Crippen LogP) is 1.37. The van der Waals surface area contributed by atoms with Crippen molar-refractivity contribution in [3.8, 4) is 5.75 Å². The number of amides is 1. The van der Waals surface area contributed by atoms with Gasteiger partial charge < -0.3 is 15.2 Å². The number of carbonyl (C=O) groups excluding carboxylic acids is 1. The molecule has 0 fully saturated rings. The van der Waals surface area contributed by atoms with Crippen LogP contribution in [0.2, 0.25) is 0 Å². The van der Waals surface area contributed by atoms with Gasteiger partial charge in [-0.1, -0.05) is 6.07 Å². The molecule has 1 aromatic heterocycles. The molecule has 22 heavy (non-hydrogen) atoms. The van der Waals surface area contributed by atoms with Crippen molar-refractivity contribution in [1.82, 2.24) is 15.1 Å². The maximum atomic E-state index is 12.2. The van der Waals surface area contributed by atoms with Crippen molar-refractivity contribution < 1.29 is 14.6 Å². The second kappa shape index (κ2) is 6.19. The van der Waals surface area contributed by atoms with Crippen LogP contribution in [0.25, 0.3) is 0 Å². The van der Waals surface area contributed by atoms with Crippen LogP contribution in [0, 0.1) is 6.92 Å². The molecule has 1 amide bonds. The second-order valence-corrected chi connectivity index (χ2v) is 5.54. The number of aromatic nitrogens is 2. The highest BCUT2D eigenvalue weighted by Gasteiger charge is 2.25. The fourth-order valence-corrected chi connectivity index (χ4v) is 2.12. The van der Waals surface area contributed by atoms with Crippen LogP contribution in [0.1, 0.15) is 28.4 Å². The van der Waals surface area contributed by atoms with Crippen molar-refractivity contribution >= 4 is 5.91 Å². The van der Waals surface area contributed by atoms with E-state index < -0.39 is 5.60 Å². The van der Waals surface area contributed by atoms with E-state index >= 15 is 0 Å². The Balaban J connectivity index is 2.06. The van der Waals surface area contributed by atoms with E-state index in [1.54, 1.807) is 50.3 Å². The van der Waals surface area contributed by atoms with Gasteiger partial charge in [-0.2, -0.15) is 5.10 Å². The molecular formula is C16H21N3O3. The van der Waals surface area contributed by atoms with Crippen LogP contribution in [-0.4, -0.2) is 34.4 Å². The van der Waals surface area contributed by atoms with Gasteiger partial charge in [-0.15, -0.1) is 0 Å². The molecule has 1 unspecified atom stereocenters. The van der Waals surface area contributed by atoms with Crippen molar-refractivity contribution in [3.05, 3.63) is 47.3 Å². The first kappa shape index (κ1) is 16.0.